The summed E-state index contributed by atoms with van der Waals surface area (Å²) in [5.74, 6) is 1.50. The summed E-state index contributed by atoms with van der Waals surface area (Å²) in [5, 5.41) is 2.95. The normalized spacial score (nSPS) is 19.4. The molecule has 1 N–H and O–H groups in total. The second kappa shape index (κ2) is 7.82. The molecule has 3 heterocycles. The molecule has 0 bridgehead atoms. The minimum absolute atomic E-state index is 0.0467. The Balaban J connectivity index is 1.33. The van der Waals surface area contributed by atoms with Gasteiger partial charge >= 0.3 is 6.03 Å². The lowest BCUT2D eigenvalue weighted by molar-refractivity contribution is 0.189. The molecule has 1 aromatic carbocycles. The number of urea groups is 1. The average molecular weight is 367 g/mol. The summed E-state index contributed by atoms with van der Waals surface area (Å²) in [6.45, 7) is 5.31. The van der Waals surface area contributed by atoms with Gasteiger partial charge in [-0.1, -0.05) is 12.1 Å². The Kier molecular flexibility index (Phi) is 5.09. The topological polar surface area (TPSA) is 70.6 Å². The van der Waals surface area contributed by atoms with Gasteiger partial charge in [-0.15, -0.1) is 0 Å². The number of aromatic nitrogens is 2. The number of benzene rings is 1. The lowest BCUT2D eigenvalue weighted by Crippen LogP contribution is -2.34. The largest absolute Gasteiger partial charge is 0.472 e. The number of rotatable bonds is 4. The van der Waals surface area contributed by atoms with Crippen molar-refractivity contribution in [3.63, 3.8) is 0 Å². The molecule has 7 heteroatoms. The molecule has 4 rings (SSSR count). The number of amides is 2. The van der Waals surface area contributed by atoms with Gasteiger partial charge in [-0.3, -0.25) is 0 Å². The van der Waals surface area contributed by atoms with Crippen molar-refractivity contribution < 1.29 is 9.53 Å². The Morgan fingerprint density at radius 3 is 2.85 bits per heavy atom. The van der Waals surface area contributed by atoms with Crippen LogP contribution >= 0.6 is 0 Å². The molecule has 2 saturated heterocycles. The van der Waals surface area contributed by atoms with Gasteiger partial charge in [0, 0.05) is 37.8 Å². The van der Waals surface area contributed by atoms with Crippen LogP contribution in [0.2, 0.25) is 0 Å². The van der Waals surface area contributed by atoms with Crippen LogP contribution in [0.5, 0.6) is 5.88 Å². The van der Waals surface area contributed by atoms with Gasteiger partial charge in [-0.25, -0.2) is 14.8 Å². The lowest BCUT2D eigenvalue weighted by Gasteiger charge is -2.19. The van der Waals surface area contributed by atoms with Gasteiger partial charge in [0.15, 0.2) is 0 Å². The van der Waals surface area contributed by atoms with E-state index in [1.165, 1.54) is 12.8 Å². The summed E-state index contributed by atoms with van der Waals surface area (Å²) in [7, 11) is 0. The van der Waals surface area contributed by atoms with E-state index in [0.717, 1.165) is 36.6 Å². The van der Waals surface area contributed by atoms with E-state index in [2.05, 4.69) is 20.2 Å². The summed E-state index contributed by atoms with van der Waals surface area (Å²) in [6.07, 6.45) is 4.71. The summed E-state index contributed by atoms with van der Waals surface area (Å²) in [5.41, 5.74) is 1.93. The van der Waals surface area contributed by atoms with Crippen LogP contribution < -0.4 is 15.0 Å². The smallest absolute Gasteiger partial charge is 0.321 e. The maximum absolute atomic E-state index is 12.5. The number of aryl methyl sites for hydroxylation is 1. The number of carbonyl (C=O) groups is 1. The molecule has 27 heavy (non-hydrogen) atoms. The number of carbonyl (C=O) groups excluding carboxylic acids is 1. The zero-order valence-corrected chi connectivity index (χ0v) is 15.6. The molecular weight excluding hydrogens is 342 g/mol. The van der Waals surface area contributed by atoms with Crippen molar-refractivity contribution >= 4 is 17.5 Å². The maximum atomic E-state index is 12.5. The van der Waals surface area contributed by atoms with E-state index in [0.29, 0.717) is 19.0 Å². The van der Waals surface area contributed by atoms with Crippen LogP contribution in [0.1, 0.15) is 24.8 Å². The van der Waals surface area contributed by atoms with Crippen molar-refractivity contribution in [1.82, 2.24) is 14.9 Å². The van der Waals surface area contributed by atoms with E-state index in [4.69, 9.17) is 4.74 Å². The highest BCUT2D eigenvalue weighted by Crippen LogP contribution is 2.23. The summed E-state index contributed by atoms with van der Waals surface area (Å²) < 4.78 is 6.03. The SMILES string of the molecule is Cc1cccc(NC(=O)N2CCC(Oc3cc(N4CCCC4)ncn3)C2)c1. The number of nitrogens with zero attached hydrogens (tertiary/aromatic N) is 4. The number of hydrogen-bond acceptors (Lipinski definition) is 5. The fourth-order valence-corrected chi connectivity index (χ4v) is 3.62. The number of likely N-dealkylation sites (tertiary alicyclic amines) is 1. The lowest BCUT2D eigenvalue weighted by atomic mass is 10.2. The van der Waals surface area contributed by atoms with Gasteiger partial charge in [0.1, 0.15) is 18.2 Å². The van der Waals surface area contributed by atoms with Crippen molar-refractivity contribution in [2.75, 3.05) is 36.4 Å². The predicted octanol–water partition coefficient (Wildman–Crippen LogP) is 3.07. The van der Waals surface area contributed by atoms with E-state index >= 15 is 0 Å². The first-order valence-corrected chi connectivity index (χ1v) is 9.53. The van der Waals surface area contributed by atoms with Gasteiger partial charge in [0.2, 0.25) is 5.88 Å². The van der Waals surface area contributed by atoms with E-state index in [9.17, 15) is 4.79 Å². The predicted molar refractivity (Wildman–Crippen MR) is 104 cm³/mol. The molecule has 0 radical (unpaired) electrons. The molecule has 0 spiro atoms. The van der Waals surface area contributed by atoms with Crippen LogP contribution in [0, 0.1) is 6.92 Å². The second-order valence-electron chi connectivity index (χ2n) is 7.18. The monoisotopic (exact) mass is 367 g/mol. The molecule has 1 unspecified atom stereocenters. The third-order valence-electron chi connectivity index (χ3n) is 5.05. The van der Waals surface area contributed by atoms with Crippen molar-refractivity contribution in [3.8, 4) is 5.88 Å². The first-order valence-electron chi connectivity index (χ1n) is 9.53. The Labute approximate surface area is 159 Å². The Morgan fingerprint density at radius 2 is 2.04 bits per heavy atom. The average Bonchev–Trinajstić information content (AvgIpc) is 3.34. The van der Waals surface area contributed by atoms with Crippen LogP contribution in [0.4, 0.5) is 16.3 Å². The maximum Gasteiger partial charge on any atom is 0.321 e. The van der Waals surface area contributed by atoms with Crippen LogP contribution in [0.25, 0.3) is 0 Å². The molecule has 142 valence electrons. The van der Waals surface area contributed by atoms with E-state index in [1.54, 1.807) is 11.2 Å². The molecule has 2 aliphatic heterocycles. The van der Waals surface area contributed by atoms with E-state index in [1.807, 2.05) is 37.3 Å². The third-order valence-corrected chi connectivity index (χ3v) is 5.05. The Hall–Kier alpha value is -2.83. The highest BCUT2D eigenvalue weighted by atomic mass is 16.5. The zero-order chi connectivity index (χ0) is 18.6. The molecule has 0 aliphatic carbocycles. The number of ether oxygens (including phenoxy) is 1. The van der Waals surface area contributed by atoms with Gasteiger partial charge in [0.05, 0.1) is 6.54 Å². The molecule has 2 aliphatic rings. The van der Waals surface area contributed by atoms with Crippen molar-refractivity contribution in [3.05, 3.63) is 42.2 Å². The standard InChI is InChI=1S/C20H25N5O2/c1-15-5-4-6-16(11-15)23-20(26)25-10-7-17(13-25)27-19-12-18(21-14-22-19)24-8-2-3-9-24/h4-6,11-12,14,17H,2-3,7-10,13H2,1H3,(H,23,26). The van der Waals surface area contributed by atoms with Crippen LogP contribution in [0.15, 0.2) is 36.7 Å². The number of anilines is 2. The second-order valence-corrected chi connectivity index (χ2v) is 7.18. The quantitative estimate of drug-likeness (QED) is 0.899. The fraction of sp³-hybridized carbons (Fsp3) is 0.450. The molecule has 2 fully saturated rings. The van der Waals surface area contributed by atoms with Crippen LogP contribution in [-0.2, 0) is 0 Å². The molecule has 2 aromatic rings. The fourth-order valence-electron chi connectivity index (χ4n) is 3.62. The van der Waals surface area contributed by atoms with Gasteiger partial charge in [-0.2, -0.15) is 0 Å². The van der Waals surface area contributed by atoms with Crippen molar-refractivity contribution in [2.24, 2.45) is 0 Å². The zero-order valence-electron chi connectivity index (χ0n) is 15.6. The molecular formula is C20H25N5O2. The van der Waals surface area contributed by atoms with Crippen LogP contribution in [0.3, 0.4) is 0 Å². The molecule has 0 saturated carbocycles. The highest BCUT2D eigenvalue weighted by Gasteiger charge is 2.28. The first kappa shape index (κ1) is 17.6. The molecule has 7 nitrogen and oxygen atoms in total. The molecule has 1 atom stereocenters. The van der Waals surface area contributed by atoms with Gasteiger partial charge in [-0.05, 0) is 37.5 Å². The van der Waals surface area contributed by atoms with Crippen molar-refractivity contribution in [1.29, 1.82) is 0 Å². The van der Waals surface area contributed by atoms with E-state index < -0.39 is 0 Å². The third kappa shape index (κ3) is 4.30. The van der Waals surface area contributed by atoms with Crippen molar-refractivity contribution in [2.45, 2.75) is 32.3 Å². The Morgan fingerprint density at radius 1 is 1.19 bits per heavy atom. The van der Waals surface area contributed by atoms with E-state index in [-0.39, 0.29) is 12.1 Å². The molecule has 1 aromatic heterocycles. The summed E-state index contributed by atoms with van der Waals surface area (Å²) in [6, 6.07) is 9.62. The van der Waals surface area contributed by atoms with Gasteiger partial charge in [0.25, 0.3) is 0 Å². The minimum Gasteiger partial charge on any atom is -0.472 e. The number of nitrogens with one attached hydrogen (secondary N) is 1. The highest BCUT2D eigenvalue weighted by molar-refractivity contribution is 5.89. The Bertz CT molecular complexity index is 806. The summed E-state index contributed by atoms with van der Waals surface area (Å²) >= 11 is 0. The van der Waals surface area contributed by atoms with Crippen LogP contribution in [-0.4, -0.2) is 53.2 Å². The number of hydrogen-bond donors (Lipinski definition) is 1. The van der Waals surface area contributed by atoms with Gasteiger partial charge < -0.3 is 19.9 Å². The minimum atomic E-state index is -0.0906. The summed E-state index contributed by atoms with van der Waals surface area (Å²) in [4.78, 5) is 25.1. The first-order chi connectivity index (χ1) is 13.2. The molecule has 2 amide bonds.